The summed E-state index contributed by atoms with van der Waals surface area (Å²) in [6, 6.07) is 10.6. The van der Waals surface area contributed by atoms with Crippen molar-refractivity contribution >= 4 is 34.3 Å². The molecule has 0 radical (unpaired) electrons. The highest BCUT2D eigenvalue weighted by Gasteiger charge is 2.40. The number of amides is 2. The number of nitrogens with zero attached hydrogens (tertiary/aromatic N) is 2. The van der Waals surface area contributed by atoms with Crippen molar-refractivity contribution in [1.29, 1.82) is 0 Å². The highest BCUT2D eigenvalue weighted by atomic mass is 35.5. The average molecular weight is 541 g/mol. The molecular formula is C27H27ClF2N6O2. The monoisotopic (exact) mass is 540 g/mol. The van der Waals surface area contributed by atoms with Crippen LogP contribution in [0.3, 0.4) is 0 Å². The Morgan fingerprint density at radius 2 is 1.92 bits per heavy atom. The van der Waals surface area contributed by atoms with E-state index < -0.39 is 11.4 Å². The molecule has 0 aliphatic carbocycles. The van der Waals surface area contributed by atoms with Crippen LogP contribution in [0.5, 0.6) is 0 Å². The van der Waals surface area contributed by atoms with Crippen molar-refractivity contribution in [2.75, 3.05) is 19.6 Å². The molecule has 2 aromatic heterocycles. The molecule has 198 valence electrons. The Bertz CT molecular complexity index is 1480. The van der Waals surface area contributed by atoms with Crippen molar-refractivity contribution in [1.82, 2.24) is 30.7 Å². The third kappa shape index (κ3) is 5.56. The minimum Gasteiger partial charge on any atom is -0.361 e. The topological polar surface area (TPSA) is 104 Å². The maximum absolute atomic E-state index is 13.8. The number of piperidine rings is 1. The molecule has 38 heavy (non-hydrogen) atoms. The van der Waals surface area contributed by atoms with Gasteiger partial charge in [0.15, 0.2) is 0 Å². The van der Waals surface area contributed by atoms with E-state index in [9.17, 15) is 18.4 Å². The van der Waals surface area contributed by atoms with Gasteiger partial charge in [-0.2, -0.15) is 5.10 Å². The van der Waals surface area contributed by atoms with Gasteiger partial charge in [-0.1, -0.05) is 17.7 Å². The number of fused-ring (bicyclic) bond motifs is 1. The summed E-state index contributed by atoms with van der Waals surface area (Å²) < 4.78 is 28.9. The van der Waals surface area contributed by atoms with Gasteiger partial charge in [-0.3, -0.25) is 14.3 Å². The van der Waals surface area contributed by atoms with Gasteiger partial charge in [0.05, 0.1) is 10.7 Å². The molecule has 11 heteroatoms. The molecule has 8 nitrogen and oxygen atoms in total. The van der Waals surface area contributed by atoms with Crippen LogP contribution in [0.15, 0.2) is 54.9 Å². The standard InChI is InChI=1S/C27H27ClF2N6O2/c28-21-3-1-17(13-22(21)30)23-6-12-36(35-23)16-25(37)34-27(7-10-31-11-8-27)26(38)32-9-5-18-15-33-24-4-2-19(29)14-20(18)24/h1-4,6,12-15,31,33H,5,7-11,16H2,(H,32,38)(H,34,37). The Labute approximate surface area is 222 Å². The summed E-state index contributed by atoms with van der Waals surface area (Å²) in [7, 11) is 0. The van der Waals surface area contributed by atoms with Crippen molar-refractivity contribution in [3.8, 4) is 11.3 Å². The fraction of sp³-hybridized carbons (Fsp3) is 0.296. The second-order valence-electron chi connectivity index (χ2n) is 9.42. The molecule has 1 aliphatic rings. The summed E-state index contributed by atoms with van der Waals surface area (Å²) in [5.41, 5.74) is 1.72. The van der Waals surface area contributed by atoms with E-state index in [1.807, 2.05) is 6.20 Å². The predicted octanol–water partition coefficient (Wildman–Crippen LogP) is 3.56. The summed E-state index contributed by atoms with van der Waals surface area (Å²) in [6.07, 6.45) is 4.84. The largest absolute Gasteiger partial charge is 0.361 e. The molecule has 1 fully saturated rings. The molecule has 0 bridgehead atoms. The van der Waals surface area contributed by atoms with Crippen molar-refractivity contribution in [2.45, 2.75) is 31.3 Å². The highest BCUT2D eigenvalue weighted by molar-refractivity contribution is 6.30. The van der Waals surface area contributed by atoms with Crippen molar-refractivity contribution in [3.63, 3.8) is 0 Å². The third-order valence-corrected chi connectivity index (χ3v) is 7.15. The smallest absolute Gasteiger partial charge is 0.245 e. The average Bonchev–Trinajstić information content (AvgIpc) is 3.53. The van der Waals surface area contributed by atoms with Gasteiger partial charge in [0, 0.05) is 35.4 Å². The van der Waals surface area contributed by atoms with E-state index in [2.05, 4.69) is 26.0 Å². The minimum absolute atomic E-state index is 0.0217. The molecule has 3 heterocycles. The van der Waals surface area contributed by atoms with Crippen LogP contribution in [0.4, 0.5) is 8.78 Å². The van der Waals surface area contributed by atoms with Gasteiger partial charge in [0.1, 0.15) is 23.7 Å². The Hall–Kier alpha value is -3.76. The fourth-order valence-electron chi connectivity index (χ4n) is 4.81. The number of benzene rings is 2. The maximum atomic E-state index is 13.8. The van der Waals surface area contributed by atoms with Crippen molar-refractivity contribution < 1.29 is 18.4 Å². The normalized spacial score (nSPS) is 14.9. The first kappa shape index (κ1) is 25.9. The van der Waals surface area contributed by atoms with Gasteiger partial charge in [0.2, 0.25) is 11.8 Å². The van der Waals surface area contributed by atoms with Crippen LogP contribution in [-0.2, 0) is 22.6 Å². The van der Waals surface area contributed by atoms with Gasteiger partial charge >= 0.3 is 0 Å². The van der Waals surface area contributed by atoms with Gasteiger partial charge < -0.3 is 20.9 Å². The van der Waals surface area contributed by atoms with Gasteiger partial charge in [-0.05, 0) is 74.3 Å². The molecule has 1 saturated heterocycles. The Morgan fingerprint density at radius 3 is 2.71 bits per heavy atom. The van der Waals surface area contributed by atoms with Crippen molar-refractivity contribution in [2.24, 2.45) is 0 Å². The minimum atomic E-state index is -1.05. The summed E-state index contributed by atoms with van der Waals surface area (Å²) in [6.45, 7) is 1.42. The molecule has 1 aliphatic heterocycles. The maximum Gasteiger partial charge on any atom is 0.245 e. The molecule has 0 unspecified atom stereocenters. The van der Waals surface area contributed by atoms with E-state index in [0.717, 1.165) is 16.5 Å². The second-order valence-corrected chi connectivity index (χ2v) is 9.82. The summed E-state index contributed by atoms with van der Waals surface area (Å²) in [5.74, 6) is -1.47. The Kier molecular flexibility index (Phi) is 7.44. The number of H-pyrrole nitrogens is 1. The van der Waals surface area contributed by atoms with Crippen LogP contribution in [0.25, 0.3) is 22.2 Å². The third-order valence-electron chi connectivity index (χ3n) is 6.84. The van der Waals surface area contributed by atoms with Gasteiger partial charge in [0.25, 0.3) is 0 Å². The Balaban J connectivity index is 1.22. The van der Waals surface area contributed by atoms with Crippen LogP contribution in [0, 0.1) is 11.6 Å². The first-order valence-corrected chi connectivity index (χ1v) is 12.8. The van der Waals surface area contributed by atoms with Crippen LogP contribution in [0.1, 0.15) is 18.4 Å². The lowest BCUT2D eigenvalue weighted by Gasteiger charge is -2.37. The van der Waals surface area contributed by atoms with Gasteiger partial charge in [-0.15, -0.1) is 0 Å². The first-order valence-electron chi connectivity index (χ1n) is 12.4. The molecule has 4 aromatic rings. The number of carbonyl (C=O) groups is 2. The number of aromatic nitrogens is 3. The number of halogens is 3. The van der Waals surface area contributed by atoms with E-state index in [1.54, 1.807) is 24.4 Å². The summed E-state index contributed by atoms with van der Waals surface area (Å²) in [5, 5.41) is 14.3. The summed E-state index contributed by atoms with van der Waals surface area (Å²) >= 11 is 5.75. The molecule has 5 rings (SSSR count). The van der Waals surface area contributed by atoms with Crippen LogP contribution in [0.2, 0.25) is 5.02 Å². The van der Waals surface area contributed by atoms with E-state index in [4.69, 9.17) is 11.6 Å². The Morgan fingerprint density at radius 1 is 1.11 bits per heavy atom. The first-order chi connectivity index (χ1) is 18.3. The van der Waals surface area contributed by atoms with E-state index in [-0.39, 0.29) is 29.2 Å². The van der Waals surface area contributed by atoms with Gasteiger partial charge in [-0.25, -0.2) is 8.78 Å². The number of rotatable bonds is 8. The van der Waals surface area contributed by atoms with Crippen LogP contribution < -0.4 is 16.0 Å². The lowest BCUT2D eigenvalue weighted by atomic mass is 9.87. The van der Waals surface area contributed by atoms with Crippen LogP contribution >= 0.6 is 11.6 Å². The zero-order chi connectivity index (χ0) is 26.7. The number of nitrogens with one attached hydrogen (secondary N) is 4. The zero-order valence-corrected chi connectivity index (χ0v) is 21.2. The molecular weight excluding hydrogens is 514 g/mol. The summed E-state index contributed by atoms with van der Waals surface area (Å²) in [4.78, 5) is 29.4. The van der Waals surface area contributed by atoms with Crippen molar-refractivity contribution in [3.05, 3.63) is 77.1 Å². The van der Waals surface area contributed by atoms with E-state index >= 15 is 0 Å². The number of hydrogen-bond acceptors (Lipinski definition) is 4. The fourth-order valence-corrected chi connectivity index (χ4v) is 4.93. The quantitative estimate of drug-likeness (QED) is 0.274. The molecule has 4 N–H and O–H groups in total. The molecule has 0 atom stereocenters. The van der Waals surface area contributed by atoms with E-state index in [1.165, 1.54) is 28.9 Å². The van der Waals surface area contributed by atoms with Crippen LogP contribution in [-0.4, -0.2) is 51.8 Å². The number of carbonyl (C=O) groups excluding carboxylic acids is 2. The molecule has 0 spiro atoms. The molecule has 2 aromatic carbocycles. The second kappa shape index (κ2) is 10.9. The zero-order valence-electron chi connectivity index (χ0n) is 20.5. The molecule has 0 saturated carbocycles. The lowest BCUT2D eigenvalue weighted by Crippen LogP contribution is -2.63. The number of hydrogen-bond donors (Lipinski definition) is 4. The highest BCUT2D eigenvalue weighted by Crippen LogP contribution is 2.24. The lowest BCUT2D eigenvalue weighted by molar-refractivity contribution is -0.135. The van der Waals surface area contributed by atoms with E-state index in [0.29, 0.717) is 50.2 Å². The molecule has 2 amide bonds. The predicted molar refractivity (Wildman–Crippen MR) is 141 cm³/mol. The SMILES string of the molecule is O=C(Cn1ccc(-c2ccc(Cl)c(F)c2)n1)NC1(C(=O)NCCc2c[nH]c3ccc(F)cc23)CCNCC1. The number of aromatic amines is 1.